The lowest BCUT2D eigenvalue weighted by molar-refractivity contribution is -0.139. The molecule has 2 aromatic carbocycles. The molecule has 1 aliphatic heterocycles. The van der Waals surface area contributed by atoms with Gasteiger partial charge in [0.15, 0.2) is 0 Å². The number of alkyl halides is 3. The number of fused-ring (bicyclic) bond motifs is 1. The summed E-state index contributed by atoms with van der Waals surface area (Å²) in [7, 11) is 1.33. The van der Waals surface area contributed by atoms with E-state index in [1.807, 2.05) is 18.2 Å². The molecule has 0 aromatic heterocycles. The summed E-state index contributed by atoms with van der Waals surface area (Å²) in [6.45, 7) is 1.90. The molecule has 0 aliphatic carbocycles. The molecule has 0 saturated heterocycles. The van der Waals surface area contributed by atoms with Crippen molar-refractivity contribution >= 4 is 23.6 Å². The Kier molecular flexibility index (Phi) is 8.44. The average Bonchev–Trinajstić information content (AvgIpc) is 2.83. The van der Waals surface area contributed by atoms with Gasteiger partial charge < -0.3 is 25.1 Å². The lowest BCUT2D eigenvalue weighted by Crippen LogP contribution is -2.41. The van der Waals surface area contributed by atoms with Crippen molar-refractivity contribution in [2.75, 3.05) is 38.5 Å². The van der Waals surface area contributed by atoms with Crippen LogP contribution in [0.5, 0.6) is 0 Å². The molecule has 0 atom stereocenters. The minimum atomic E-state index is -4.59. The number of hydrogen-bond donors (Lipinski definition) is 2. The number of anilines is 1. The summed E-state index contributed by atoms with van der Waals surface area (Å²) in [5, 5.41) is 12.2. The lowest BCUT2D eigenvalue weighted by Gasteiger charge is -2.30. The summed E-state index contributed by atoms with van der Waals surface area (Å²) in [6, 6.07) is 10.6. The number of rotatable bonds is 8. The third-order valence-corrected chi connectivity index (χ3v) is 6.21. The summed E-state index contributed by atoms with van der Waals surface area (Å²) in [6.07, 6.45) is -5.18. The first-order valence-electron chi connectivity index (χ1n) is 11.4. The fraction of sp³-hybridized carbons (Fsp3) is 0.400. The van der Waals surface area contributed by atoms with E-state index in [0.29, 0.717) is 19.5 Å². The van der Waals surface area contributed by atoms with E-state index >= 15 is 0 Å². The van der Waals surface area contributed by atoms with E-state index in [9.17, 15) is 27.6 Å². The Bertz CT molecular complexity index is 1120. The van der Waals surface area contributed by atoms with E-state index in [4.69, 9.17) is 5.11 Å². The largest absolute Gasteiger partial charge is 0.465 e. The van der Waals surface area contributed by atoms with Crippen LogP contribution in [0.3, 0.4) is 0 Å². The SMILES string of the molecule is CC(=O)N1CCc2c(cccc2NCC(=O)N(CCN(C)C(=O)O)Cc2ccccc2C(F)(F)F)C1. The van der Waals surface area contributed by atoms with Gasteiger partial charge in [-0.3, -0.25) is 9.59 Å². The molecule has 194 valence electrons. The number of hydrogen-bond acceptors (Lipinski definition) is 4. The van der Waals surface area contributed by atoms with Crippen molar-refractivity contribution in [1.82, 2.24) is 14.7 Å². The highest BCUT2D eigenvalue weighted by molar-refractivity contribution is 5.81. The molecule has 2 N–H and O–H groups in total. The van der Waals surface area contributed by atoms with Crippen molar-refractivity contribution in [3.05, 3.63) is 64.7 Å². The number of nitrogens with one attached hydrogen (secondary N) is 1. The van der Waals surface area contributed by atoms with Crippen molar-refractivity contribution in [2.24, 2.45) is 0 Å². The predicted molar refractivity (Wildman–Crippen MR) is 127 cm³/mol. The van der Waals surface area contributed by atoms with Crippen molar-refractivity contribution in [2.45, 2.75) is 32.6 Å². The maximum atomic E-state index is 13.5. The third kappa shape index (κ3) is 6.67. The summed E-state index contributed by atoms with van der Waals surface area (Å²) in [4.78, 5) is 40.0. The van der Waals surface area contributed by atoms with E-state index in [0.717, 1.165) is 27.8 Å². The molecule has 3 rings (SSSR count). The Hall–Kier alpha value is -3.76. The quantitative estimate of drug-likeness (QED) is 0.570. The highest BCUT2D eigenvalue weighted by Crippen LogP contribution is 2.32. The Morgan fingerprint density at radius 3 is 2.47 bits per heavy atom. The highest BCUT2D eigenvalue weighted by Gasteiger charge is 2.33. The first kappa shape index (κ1) is 26.8. The number of carbonyl (C=O) groups is 3. The van der Waals surface area contributed by atoms with Gasteiger partial charge in [-0.25, -0.2) is 4.79 Å². The van der Waals surface area contributed by atoms with Crippen LogP contribution in [0.4, 0.5) is 23.7 Å². The van der Waals surface area contributed by atoms with Crippen LogP contribution in [-0.2, 0) is 35.3 Å². The molecule has 8 nitrogen and oxygen atoms in total. The lowest BCUT2D eigenvalue weighted by atomic mass is 9.97. The number of halogens is 3. The number of carboxylic acid groups (broad SMARTS) is 1. The van der Waals surface area contributed by atoms with Crippen molar-refractivity contribution in [3.8, 4) is 0 Å². The van der Waals surface area contributed by atoms with Crippen LogP contribution in [0.15, 0.2) is 42.5 Å². The number of amides is 3. The van der Waals surface area contributed by atoms with Crippen molar-refractivity contribution < 1.29 is 32.7 Å². The average molecular weight is 507 g/mol. The Labute approximate surface area is 207 Å². The Balaban J connectivity index is 1.77. The summed E-state index contributed by atoms with van der Waals surface area (Å²) in [5.74, 6) is -0.486. The van der Waals surface area contributed by atoms with E-state index < -0.39 is 23.7 Å². The van der Waals surface area contributed by atoms with Gasteiger partial charge in [-0.1, -0.05) is 30.3 Å². The van der Waals surface area contributed by atoms with Gasteiger partial charge in [0, 0.05) is 52.4 Å². The van der Waals surface area contributed by atoms with Crippen LogP contribution in [0.2, 0.25) is 0 Å². The molecule has 2 aromatic rings. The van der Waals surface area contributed by atoms with Gasteiger partial charge in [-0.2, -0.15) is 13.2 Å². The van der Waals surface area contributed by atoms with Gasteiger partial charge in [0.2, 0.25) is 11.8 Å². The number of benzene rings is 2. The molecule has 0 spiro atoms. The first-order valence-corrected chi connectivity index (χ1v) is 11.4. The van der Waals surface area contributed by atoms with Gasteiger partial charge in [-0.15, -0.1) is 0 Å². The molecule has 0 unspecified atom stereocenters. The predicted octanol–water partition coefficient (Wildman–Crippen LogP) is 3.66. The zero-order valence-corrected chi connectivity index (χ0v) is 20.1. The summed E-state index contributed by atoms with van der Waals surface area (Å²) >= 11 is 0. The van der Waals surface area contributed by atoms with Crippen LogP contribution >= 0.6 is 0 Å². The van der Waals surface area contributed by atoms with Gasteiger partial charge >= 0.3 is 12.3 Å². The van der Waals surface area contributed by atoms with E-state index in [1.54, 1.807) is 4.90 Å². The van der Waals surface area contributed by atoms with Gasteiger partial charge in [0.05, 0.1) is 12.1 Å². The monoisotopic (exact) mass is 506 g/mol. The molecule has 0 fully saturated rings. The number of nitrogens with zero attached hydrogens (tertiary/aromatic N) is 3. The molecular weight excluding hydrogens is 477 g/mol. The third-order valence-electron chi connectivity index (χ3n) is 6.21. The van der Waals surface area contributed by atoms with Crippen LogP contribution in [0, 0.1) is 0 Å². The number of carbonyl (C=O) groups excluding carboxylic acids is 2. The number of likely N-dealkylation sites (N-methyl/N-ethyl adjacent to an activating group) is 1. The molecule has 0 saturated carbocycles. The zero-order chi connectivity index (χ0) is 26.5. The Morgan fingerprint density at radius 2 is 1.81 bits per heavy atom. The molecule has 0 radical (unpaired) electrons. The molecule has 1 heterocycles. The minimum absolute atomic E-state index is 0.0182. The molecule has 3 amide bonds. The summed E-state index contributed by atoms with van der Waals surface area (Å²) < 4.78 is 40.5. The second-order valence-corrected chi connectivity index (χ2v) is 8.66. The normalized spacial score (nSPS) is 13.1. The van der Waals surface area contributed by atoms with Crippen LogP contribution in [0.1, 0.15) is 29.2 Å². The van der Waals surface area contributed by atoms with E-state index in [-0.39, 0.29) is 37.6 Å². The van der Waals surface area contributed by atoms with Gasteiger partial charge in [0.25, 0.3) is 0 Å². The van der Waals surface area contributed by atoms with Crippen LogP contribution < -0.4 is 5.32 Å². The van der Waals surface area contributed by atoms with Crippen LogP contribution in [0.25, 0.3) is 0 Å². The molecule has 11 heteroatoms. The second kappa shape index (κ2) is 11.3. The van der Waals surface area contributed by atoms with E-state index in [1.165, 1.54) is 37.1 Å². The van der Waals surface area contributed by atoms with Gasteiger partial charge in [0.1, 0.15) is 0 Å². The summed E-state index contributed by atoms with van der Waals surface area (Å²) in [5.41, 5.74) is 1.77. The van der Waals surface area contributed by atoms with Crippen molar-refractivity contribution in [3.63, 3.8) is 0 Å². The van der Waals surface area contributed by atoms with Crippen molar-refractivity contribution in [1.29, 1.82) is 0 Å². The standard InChI is InChI=1S/C25H29F3N4O4/c1-17(33)31-11-10-20-18(15-31)7-5-9-22(20)29-14-23(34)32(13-12-30(2)24(35)36)16-19-6-3-4-8-21(19)25(26,27)28/h3-9,29H,10-16H2,1-2H3,(H,35,36). The maximum Gasteiger partial charge on any atom is 0.416 e. The second-order valence-electron chi connectivity index (χ2n) is 8.66. The first-order chi connectivity index (χ1) is 17.0. The fourth-order valence-corrected chi connectivity index (χ4v) is 4.13. The fourth-order valence-electron chi connectivity index (χ4n) is 4.13. The highest BCUT2D eigenvalue weighted by atomic mass is 19.4. The topological polar surface area (TPSA) is 93.2 Å². The van der Waals surface area contributed by atoms with E-state index in [2.05, 4.69) is 5.32 Å². The van der Waals surface area contributed by atoms with Gasteiger partial charge in [-0.05, 0) is 35.2 Å². The molecule has 0 bridgehead atoms. The minimum Gasteiger partial charge on any atom is -0.465 e. The molecule has 1 aliphatic rings. The maximum absolute atomic E-state index is 13.5. The smallest absolute Gasteiger partial charge is 0.416 e. The Morgan fingerprint density at radius 1 is 1.08 bits per heavy atom. The molecule has 36 heavy (non-hydrogen) atoms. The van der Waals surface area contributed by atoms with Crippen LogP contribution in [-0.4, -0.2) is 70.9 Å². The zero-order valence-electron chi connectivity index (χ0n) is 20.1. The molecular formula is C25H29F3N4O4.